The summed E-state index contributed by atoms with van der Waals surface area (Å²) in [5.41, 5.74) is 7.16. The van der Waals surface area contributed by atoms with Crippen molar-refractivity contribution in [3.05, 3.63) is 11.4 Å². The Morgan fingerprint density at radius 1 is 1.61 bits per heavy atom. The summed E-state index contributed by atoms with van der Waals surface area (Å²) in [5.74, 6) is 0.841. The maximum atomic E-state index is 5.67. The predicted octanol–water partition coefficient (Wildman–Crippen LogP) is 1.81. The van der Waals surface area contributed by atoms with Crippen LogP contribution in [0.3, 0.4) is 0 Å². The Morgan fingerprint density at radius 2 is 2.33 bits per heavy atom. The Labute approximate surface area is 113 Å². The van der Waals surface area contributed by atoms with Crippen molar-refractivity contribution >= 4 is 17.2 Å². The molecule has 1 fully saturated rings. The molecule has 2 N–H and O–H groups in total. The molecule has 1 aromatic rings. The van der Waals surface area contributed by atoms with Crippen LogP contribution in [-0.4, -0.2) is 27.1 Å². The summed E-state index contributed by atoms with van der Waals surface area (Å²) in [6.07, 6.45) is 5.08. The van der Waals surface area contributed by atoms with E-state index in [1.165, 1.54) is 19.3 Å². The van der Waals surface area contributed by atoms with Crippen LogP contribution < -0.4 is 5.73 Å². The second-order valence-corrected chi connectivity index (χ2v) is 5.31. The van der Waals surface area contributed by atoms with Gasteiger partial charge in [0, 0.05) is 13.7 Å². The number of nitrogens with zero attached hydrogens (tertiary/aromatic N) is 3. The van der Waals surface area contributed by atoms with E-state index in [-0.39, 0.29) is 11.1 Å². The predicted molar refractivity (Wildman–Crippen MR) is 73.3 cm³/mol. The zero-order valence-electron chi connectivity index (χ0n) is 10.9. The monoisotopic (exact) mass is 268 g/mol. The number of nitrogens with two attached hydrogens (primary N) is 1. The lowest BCUT2D eigenvalue weighted by Gasteiger charge is -2.25. The van der Waals surface area contributed by atoms with E-state index in [1.807, 2.05) is 11.6 Å². The molecule has 0 aliphatic heterocycles. The Kier molecular flexibility index (Phi) is 4.29. The standard InChI is InChI=1S/C12H20N4OS/c1-8(17-2)11-10(12(13)18)14-15-16(11)7-6-9-4-3-5-9/h8-9H,3-7H2,1-2H3,(H2,13,18). The number of aromatic nitrogens is 3. The van der Waals surface area contributed by atoms with E-state index in [2.05, 4.69) is 10.3 Å². The summed E-state index contributed by atoms with van der Waals surface area (Å²) in [7, 11) is 1.66. The molecule has 1 aliphatic rings. The molecule has 1 saturated carbocycles. The van der Waals surface area contributed by atoms with E-state index >= 15 is 0 Å². The number of rotatable bonds is 6. The SMILES string of the molecule is COC(C)c1c(C(N)=S)nnn1CCC1CCC1. The molecule has 18 heavy (non-hydrogen) atoms. The van der Waals surface area contributed by atoms with Gasteiger partial charge in [-0.25, -0.2) is 4.68 Å². The smallest absolute Gasteiger partial charge is 0.145 e. The normalized spacial score (nSPS) is 17.4. The molecular weight excluding hydrogens is 248 g/mol. The maximum absolute atomic E-state index is 5.67. The highest BCUT2D eigenvalue weighted by molar-refractivity contribution is 7.80. The molecular formula is C12H20N4OS. The van der Waals surface area contributed by atoms with E-state index in [0.717, 1.165) is 24.6 Å². The number of aryl methyl sites for hydroxylation is 1. The van der Waals surface area contributed by atoms with Crippen LogP contribution in [0.2, 0.25) is 0 Å². The van der Waals surface area contributed by atoms with Gasteiger partial charge in [-0.2, -0.15) is 0 Å². The molecule has 5 nitrogen and oxygen atoms in total. The summed E-state index contributed by atoms with van der Waals surface area (Å²) in [6.45, 7) is 2.82. The van der Waals surface area contributed by atoms with Crippen LogP contribution in [0, 0.1) is 5.92 Å². The van der Waals surface area contributed by atoms with Crippen LogP contribution in [0.25, 0.3) is 0 Å². The number of ether oxygens (including phenoxy) is 1. The van der Waals surface area contributed by atoms with Gasteiger partial charge in [-0.1, -0.05) is 36.7 Å². The lowest BCUT2D eigenvalue weighted by atomic mass is 9.83. The van der Waals surface area contributed by atoms with Gasteiger partial charge < -0.3 is 10.5 Å². The van der Waals surface area contributed by atoms with Crippen LogP contribution in [0.5, 0.6) is 0 Å². The molecule has 0 spiro atoms. The second kappa shape index (κ2) is 5.75. The Balaban J connectivity index is 2.14. The lowest BCUT2D eigenvalue weighted by molar-refractivity contribution is 0.110. The van der Waals surface area contributed by atoms with Crippen LogP contribution in [0.15, 0.2) is 0 Å². The highest BCUT2D eigenvalue weighted by Gasteiger charge is 2.22. The molecule has 0 amide bonds. The van der Waals surface area contributed by atoms with Gasteiger partial charge >= 0.3 is 0 Å². The zero-order valence-corrected chi connectivity index (χ0v) is 11.7. The van der Waals surface area contributed by atoms with Gasteiger partial charge in [-0.15, -0.1) is 5.10 Å². The van der Waals surface area contributed by atoms with Gasteiger partial charge in [0.05, 0.1) is 11.8 Å². The third-order valence-corrected chi connectivity index (χ3v) is 3.91. The number of methoxy groups -OCH3 is 1. The molecule has 2 rings (SSSR count). The maximum Gasteiger partial charge on any atom is 0.145 e. The number of hydrogen-bond donors (Lipinski definition) is 1. The molecule has 0 saturated heterocycles. The van der Waals surface area contributed by atoms with Crippen LogP contribution in [0.1, 0.15) is 50.1 Å². The molecule has 100 valence electrons. The fourth-order valence-electron chi connectivity index (χ4n) is 2.26. The molecule has 0 bridgehead atoms. The molecule has 1 atom stereocenters. The van der Waals surface area contributed by atoms with Crippen molar-refractivity contribution in [2.24, 2.45) is 11.7 Å². The average molecular weight is 268 g/mol. The molecule has 0 radical (unpaired) electrons. The molecule has 1 aromatic heterocycles. The van der Waals surface area contributed by atoms with E-state index in [9.17, 15) is 0 Å². The van der Waals surface area contributed by atoms with Crippen molar-refractivity contribution in [3.8, 4) is 0 Å². The Bertz CT molecular complexity index is 428. The van der Waals surface area contributed by atoms with Gasteiger partial charge in [-0.3, -0.25) is 0 Å². The molecule has 1 aliphatic carbocycles. The van der Waals surface area contributed by atoms with Crippen LogP contribution >= 0.6 is 12.2 Å². The van der Waals surface area contributed by atoms with Crippen molar-refractivity contribution in [2.45, 2.75) is 45.3 Å². The van der Waals surface area contributed by atoms with E-state index < -0.39 is 0 Å². The number of hydrogen-bond acceptors (Lipinski definition) is 4. The van der Waals surface area contributed by atoms with E-state index in [4.69, 9.17) is 22.7 Å². The van der Waals surface area contributed by atoms with Crippen molar-refractivity contribution in [3.63, 3.8) is 0 Å². The summed E-state index contributed by atoms with van der Waals surface area (Å²) in [5, 5.41) is 8.23. The van der Waals surface area contributed by atoms with Crippen molar-refractivity contribution in [1.29, 1.82) is 0 Å². The summed E-state index contributed by atoms with van der Waals surface area (Å²) in [6, 6.07) is 0. The van der Waals surface area contributed by atoms with Gasteiger partial charge in [0.1, 0.15) is 10.7 Å². The topological polar surface area (TPSA) is 66.0 Å². The van der Waals surface area contributed by atoms with Crippen LogP contribution in [0.4, 0.5) is 0 Å². The van der Waals surface area contributed by atoms with Crippen molar-refractivity contribution in [2.75, 3.05) is 7.11 Å². The van der Waals surface area contributed by atoms with Crippen molar-refractivity contribution < 1.29 is 4.74 Å². The van der Waals surface area contributed by atoms with Crippen LogP contribution in [-0.2, 0) is 11.3 Å². The third-order valence-electron chi connectivity index (χ3n) is 3.72. The third kappa shape index (κ3) is 2.70. The minimum absolute atomic E-state index is 0.0992. The first-order valence-corrected chi connectivity index (χ1v) is 6.80. The molecule has 6 heteroatoms. The largest absolute Gasteiger partial charge is 0.388 e. The van der Waals surface area contributed by atoms with Gasteiger partial charge in [0.25, 0.3) is 0 Å². The minimum Gasteiger partial charge on any atom is -0.388 e. The lowest BCUT2D eigenvalue weighted by Crippen LogP contribution is -2.19. The first-order valence-electron chi connectivity index (χ1n) is 6.39. The highest BCUT2D eigenvalue weighted by atomic mass is 32.1. The molecule has 0 aromatic carbocycles. The fraction of sp³-hybridized carbons (Fsp3) is 0.750. The molecule has 1 unspecified atom stereocenters. The minimum atomic E-state index is -0.0992. The summed E-state index contributed by atoms with van der Waals surface area (Å²) < 4.78 is 7.25. The average Bonchev–Trinajstić information content (AvgIpc) is 2.70. The quantitative estimate of drug-likeness (QED) is 0.797. The second-order valence-electron chi connectivity index (χ2n) is 4.87. The number of thiocarbonyl (C=S) groups is 1. The van der Waals surface area contributed by atoms with Crippen molar-refractivity contribution in [1.82, 2.24) is 15.0 Å². The molecule has 1 heterocycles. The van der Waals surface area contributed by atoms with E-state index in [0.29, 0.717) is 5.69 Å². The van der Waals surface area contributed by atoms with Gasteiger partial charge in [-0.05, 0) is 19.3 Å². The summed E-state index contributed by atoms with van der Waals surface area (Å²) >= 11 is 5.01. The first-order chi connectivity index (χ1) is 8.63. The van der Waals surface area contributed by atoms with E-state index in [1.54, 1.807) is 7.11 Å². The van der Waals surface area contributed by atoms with Gasteiger partial charge in [0.2, 0.25) is 0 Å². The Hall–Kier alpha value is -1.01. The fourth-order valence-corrected chi connectivity index (χ4v) is 2.41. The Morgan fingerprint density at radius 3 is 2.83 bits per heavy atom. The van der Waals surface area contributed by atoms with Gasteiger partial charge in [0.15, 0.2) is 0 Å². The zero-order chi connectivity index (χ0) is 13.1. The first kappa shape index (κ1) is 13.4. The highest BCUT2D eigenvalue weighted by Crippen LogP contribution is 2.30. The summed E-state index contributed by atoms with van der Waals surface area (Å²) in [4.78, 5) is 0.281.